The zero-order valence-corrected chi connectivity index (χ0v) is 15.2. The lowest BCUT2D eigenvalue weighted by molar-refractivity contribution is -0.159. The maximum atomic E-state index is 12.3. The molecule has 2 unspecified atom stereocenters. The molecular formula is C18H23ClN2O4. The molecule has 1 N–H and O–H groups in total. The summed E-state index contributed by atoms with van der Waals surface area (Å²) >= 11 is 5.80. The maximum absolute atomic E-state index is 12.3. The highest BCUT2D eigenvalue weighted by atomic mass is 35.5. The molecule has 6 nitrogen and oxygen atoms in total. The highest BCUT2D eigenvalue weighted by Gasteiger charge is 2.30. The molecule has 2 atom stereocenters. The normalized spacial score (nSPS) is 18.4. The second-order valence-corrected chi connectivity index (χ2v) is 6.54. The van der Waals surface area contributed by atoms with Gasteiger partial charge >= 0.3 is 5.97 Å². The number of rotatable bonds is 5. The lowest BCUT2D eigenvalue weighted by atomic mass is 9.98. The first-order valence-corrected chi connectivity index (χ1v) is 8.83. The molecule has 7 heteroatoms. The van der Waals surface area contributed by atoms with Crippen LogP contribution in [0.3, 0.4) is 0 Å². The number of carbonyl (C=O) groups is 3. The Balaban J connectivity index is 1.87. The van der Waals surface area contributed by atoms with Crippen molar-refractivity contribution >= 4 is 35.1 Å². The fourth-order valence-corrected chi connectivity index (χ4v) is 2.85. The van der Waals surface area contributed by atoms with E-state index in [1.807, 2.05) is 0 Å². The van der Waals surface area contributed by atoms with Crippen molar-refractivity contribution in [3.05, 3.63) is 29.3 Å². The monoisotopic (exact) mass is 366 g/mol. The average Bonchev–Trinajstić information content (AvgIpc) is 2.62. The minimum Gasteiger partial charge on any atom is -0.452 e. The van der Waals surface area contributed by atoms with Crippen LogP contribution in [0.4, 0.5) is 5.69 Å². The Kier molecular flexibility index (Phi) is 6.82. The summed E-state index contributed by atoms with van der Waals surface area (Å²) in [6.07, 6.45) is 0.927. The van der Waals surface area contributed by atoms with Crippen LogP contribution in [0.15, 0.2) is 24.3 Å². The van der Waals surface area contributed by atoms with Gasteiger partial charge in [0.15, 0.2) is 6.10 Å². The number of esters is 1. The number of benzene rings is 1. The first kappa shape index (κ1) is 19.2. The van der Waals surface area contributed by atoms with Crippen LogP contribution in [0.2, 0.25) is 5.02 Å². The number of hydrogen-bond acceptors (Lipinski definition) is 4. The zero-order chi connectivity index (χ0) is 18.4. The first-order chi connectivity index (χ1) is 11.9. The fourth-order valence-electron chi connectivity index (χ4n) is 2.72. The van der Waals surface area contributed by atoms with Gasteiger partial charge in [-0.15, -0.1) is 0 Å². The summed E-state index contributed by atoms with van der Waals surface area (Å²) in [5.41, 5.74) is 0.578. The third-order valence-electron chi connectivity index (χ3n) is 4.18. The van der Waals surface area contributed by atoms with Crippen molar-refractivity contribution in [1.29, 1.82) is 0 Å². The minimum atomic E-state index is -0.916. The van der Waals surface area contributed by atoms with Crippen LogP contribution in [0.1, 0.15) is 33.1 Å². The van der Waals surface area contributed by atoms with Crippen molar-refractivity contribution in [1.82, 2.24) is 4.90 Å². The number of nitrogens with one attached hydrogen (secondary N) is 1. The Morgan fingerprint density at radius 1 is 1.32 bits per heavy atom. The van der Waals surface area contributed by atoms with Gasteiger partial charge < -0.3 is 15.0 Å². The second-order valence-electron chi connectivity index (χ2n) is 6.11. The Labute approximate surface area is 152 Å². The molecule has 2 amide bonds. The van der Waals surface area contributed by atoms with Gasteiger partial charge in [0.25, 0.3) is 5.91 Å². The molecule has 1 aliphatic rings. The van der Waals surface area contributed by atoms with Crippen LogP contribution in [0.25, 0.3) is 0 Å². The van der Waals surface area contributed by atoms with E-state index in [9.17, 15) is 14.4 Å². The lowest BCUT2D eigenvalue weighted by Gasteiger charge is -2.31. The van der Waals surface area contributed by atoms with E-state index in [1.54, 1.807) is 36.1 Å². The summed E-state index contributed by atoms with van der Waals surface area (Å²) in [6, 6.07) is 6.67. The summed E-state index contributed by atoms with van der Waals surface area (Å²) in [7, 11) is 0. The number of piperidine rings is 1. The van der Waals surface area contributed by atoms with E-state index in [1.165, 1.54) is 6.92 Å². The summed E-state index contributed by atoms with van der Waals surface area (Å²) in [5.74, 6) is -1.19. The molecule has 136 valence electrons. The molecule has 1 fully saturated rings. The smallest absolute Gasteiger partial charge is 0.311 e. The zero-order valence-electron chi connectivity index (χ0n) is 14.5. The maximum Gasteiger partial charge on any atom is 0.311 e. The molecule has 1 aliphatic heterocycles. The molecule has 25 heavy (non-hydrogen) atoms. The van der Waals surface area contributed by atoms with Gasteiger partial charge in [-0.3, -0.25) is 14.4 Å². The van der Waals surface area contributed by atoms with Crippen LogP contribution < -0.4 is 5.32 Å². The van der Waals surface area contributed by atoms with Crippen molar-refractivity contribution < 1.29 is 19.1 Å². The predicted molar refractivity (Wildman–Crippen MR) is 95.2 cm³/mol. The van der Waals surface area contributed by atoms with E-state index in [0.29, 0.717) is 36.6 Å². The van der Waals surface area contributed by atoms with Gasteiger partial charge in [0.2, 0.25) is 5.91 Å². The largest absolute Gasteiger partial charge is 0.452 e. The topological polar surface area (TPSA) is 75.7 Å². The predicted octanol–water partition coefficient (Wildman–Crippen LogP) is 2.86. The lowest BCUT2D eigenvalue weighted by Crippen LogP contribution is -2.43. The van der Waals surface area contributed by atoms with Crippen LogP contribution in [-0.2, 0) is 19.1 Å². The molecule has 0 radical (unpaired) electrons. The number of hydrogen-bond donors (Lipinski definition) is 1. The van der Waals surface area contributed by atoms with Gasteiger partial charge in [0.1, 0.15) is 0 Å². The van der Waals surface area contributed by atoms with Crippen LogP contribution >= 0.6 is 11.6 Å². The number of nitrogens with zero attached hydrogens (tertiary/aromatic N) is 1. The molecule has 1 aromatic rings. The van der Waals surface area contributed by atoms with Crippen molar-refractivity contribution in [2.24, 2.45) is 5.92 Å². The molecule has 0 saturated carbocycles. The van der Waals surface area contributed by atoms with Crippen molar-refractivity contribution in [2.75, 3.05) is 18.4 Å². The van der Waals surface area contributed by atoms with Gasteiger partial charge in [-0.2, -0.15) is 0 Å². The van der Waals surface area contributed by atoms with Crippen molar-refractivity contribution in [3.8, 4) is 0 Å². The summed E-state index contributed by atoms with van der Waals surface area (Å²) in [5, 5.41) is 3.24. The van der Waals surface area contributed by atoms with Crippen molar-refractivity contribution in [2.45, 2.75) is 39.2 Å². The number of carbonyl (C=O) groups excluding carboxylic acids is 3. The van der Waals surface area contributed by atoms with Crippen molar-refractivity contribution in [3.63, 3.8) is 0 Å². The summed E-state index contributed by atoms with van der Waals surface area (Å²) in [6.45, 7) is 4.36. The molecule has 1 saturated heterocycles. The summed E-state index contributed by atoms with van der Waals surface area (Å²) in [4.78, 5) is 37.9. The highest BCUT2D eigenvalue weighted by molar-refractivity contribution is 6.30. The molecule has 1 heterocycles. The quantitative estimate of drug-likeness (QED) is 0.813. The second kappa shape index (κ2) is 8.85. The fraction of sp³-hybridized carbons (Fsp3) is 0.500. The summed E-state index contributed by atoms with van der Waals surface area (Å²) < 4.78 is 5.29. The van der Waals surface area contributed by atoms with Crippen LogP contribution in [0.5, 0.6) is 0 Å². The number of anilines is 1. The SMILES string of the molecule is CCC(=O)N1CCCC(C(=O)OC(C)C(=O)Nc2ccc(Cl)cc2)C1. The Morgan fingerprint density at radius 3 is 2.64 bits per heavy atom. The molecule has 0 bridgehead atoms. The van der Waals surface area contributed by atoms with E-state index in [4.69, 9.17) is 16.3 Å². The third-order valence-corrected chi connectivity index (χ3v) is 4.44. The Morgan fingerprint density at radius 2 is 2.00 bits per heavy atom. The van der Waals surface area contributed by atoms with Crippen LogP contribution in [0, 0.1) is 5.92 Å². The number of amides is 2. The van der Waals surface area contributed by atoms with E-state index in [0.717, 1.165) is 6.42 Å². The number of likely N-dealkylation sites (tertiary alicyclic amines) is 1. The van der Waals surface area contributed by atoms with E-state index in [-0.39, 0.29) is 11.8 Å². The molecule has 0 aliphatic carbocycles. The van der Waals surface area contributed by atoms with Gasteiger partial charge in [0.05, 0.1) is 5.92 Å². The van der Waals surface area contributed by atoms with Gasteiger partial charge in [-0.25, -0.2) is 0 Å². The number of ether oxygens (including phenoxy) is 1. The van der Waals surface area contributed by atoms with E-state index in [2.05, 4.69) is 5.32 Å². The van der Waals surface area contributed by atoms with Gasteiger partial charge in [0, 0.05) is 30.2 Å². The molecule has 1 aromatic carbocycles. The van der Waals surface area contributed by atoms with Crippen LogP contribution in [-0.4, -0.2) is 41.9 Å². The third kappa shape index (κ3) is 5.46. The molecule has 2 rings (SSSR count). The highest BCUT2D eigenvalue weighted by Crippen LogP contribution is 2.20. The molecule has 0 spiro atoms. The average molecular weight is 367 g/mol. The molecular weight excluding hydrogens is 344 g/mol. The van der Waals surface area contributed by atoms with Gasteiger partial charge in [-0.05, 0) is 44.0 Å². The Hall–Kier alpha value is -2.08. The standard InChI is InChI=1S/C18H23ClN2O4/c1-3-16(22)21-10-4-5-13(11-21)18(24)25-12(2)17(23)20-15-8-6-14(19)7-9-15/h6-9,12-13H,3-5,10-11H2,1-2H3,(H,20,23). The van der Waals surface area contributed by atoms with E-state index < -0.39 is 18.0 Å². The first-order valence-electron chi connectivity index (χ1n) is 8.45. The Bertz CT molecular complexity index is 632. The number of halogens is 1. The van der Waals surface area contributed by atoms with E-state index >= 15 is 0 Å². The minimum absolute atomic E-state index is 0.0334. The molecule has 0 aromatic heterocycles. The van der Waals surface area contributed by atoms with Gasteiger partial charge in [-0.1, -0.05) is 18.5 Å².